The molecule has 1 aliphatic heterocycles. The van der Waals surface area contributed by atoms with Crippen molar-refractivity contribution >= 4 is 16.0 Å². The first-order valence-electron chi connectivity index (χ1n) is 8.55. The first-order chi connectivity index (χ1) is 12.0. The second-order valence-electron chi connectivity index (χ2n) is 6.55. The van der Waals surface area contributed by atoms with Crippen LogP contribution in [0.25, 0.3) is 0 Å². The van der Waals surface area contributed by atoms with Crippen molar-refractivity contribution in [1.29, 1.82) is 0 Å². The summed E-state index contributed by atoms with van der Waals surface area (Å²) >= 11 is 0. The summed E-state index contributed by atoms with van der Waals surface area (Å²) < 4.78 is 33.4. The van der Waals surface area contributed by atoms with Crippen LogP contribution in [0.5, 0.6) is 0 Å². The summed E-state index contributed by atoms with van der Waals surface area (Å²) in [5.74, 6) is -0.922. The molecule has 0 radical (unpaired) electrons. The molecule has 1 saturated heterocycles. The summed E-state index contributed by atoms with van der Waals surface area (Å²) in [5, 5.41) is 10.4. The van der Waals surface area contributed by atoms with E-state index in [1.807, 2.05) is 12.2 Å². The number of carbonyl (C=O) groups is 1. The zero-order valence-corrected chi connectivity index (χ0v) is 17.7. The van der Waals surface area contributed by atoms with Gasteiger partial charge >= 0.3 is 29.6 Å². The number of carbonyl (C=O) groups excluding carboxylic acids is 1. The van der Waals surface area contributed by atoms with Gasteiger partial charge in [-0.1, -0.05) is 30.4 Å². The van der Waals surface area contributed by atoms with E-state index in [0.717, 1.165) is 0 Å². The van der Waals surface area contributed by atoms with E-state index in [1.54, 1.807) is 30.3 Å². The molecule has 1 N–H and O–H groups in total. The van der Waals surface area contributed by atoms with Gasteiger partial charge in [-0.15, -0.1) is 0 Å². The van der Waals surface area contributed by atoms with Gasteiger partial charge in [0.25, 0.3) is 0 Å². The van der Waals surface area contributed by atoms with Gasteiger partial charge in [-0.3, -0.25) is 0 Å². The number of hydrogen-bond donors (Lipinski definition) is 1. The number of epoxide rings is 1. The van der Waals surface area contributed by atoms with Crippen LogP contribution < -0.4 is 39.4 Å². The van der Waals surface area contributed by atoms with Gasteiger partial charge in [0.1, 0.15) is 0 Å². The molecular formula is C18H22NNaO5S. The maximum atomic E-state index is 12.5. The van der Waals surface area contributed by atoms with Crippen molar-refractivity contribution in [1.82, 2.24) is 4.72 Å². The van der Waals surface area contributed by atoms with Gasteiger partial charge in [-0.25, -0.2) is 13.1 Å². The number of hydrogen-bond acceptors (Lipinski definition) is 5. The van der Waals surface area contributed by atoms with E-state index in [2.05, 4.69) is 4.72 Å². The quantitative estimate of drug-likeness (QED) is 0.229. The molecule has 1 aliphatic carbocycles. The van der Waals surface area contributed by atoms with Gasteiger partial charge in [0.2, 0.25) is 10.0 Å². The maximum Gasteiger partial charge on any atom is 1.00 e. The molecule has 26 heavy (non-hydrogen) atoms. The van der Waals surface area contributed by atoms with Crippen LogP contribution in [-0.2, 0) is 19.6 Å². The van der Waals surface area contributed by atoms with Crippen LogP contribution >= 0.6 is 0 Å². The standard InChI is InChI=1S/C18H23NO5S.Na/c20-17(21)11-7-2-1-6-10-14-15(12-16-18(14)24-16)19-25(22,23)13-8-4-3-5-9-13;/h1,3-6,8-9,14-16,18-19H,2,7,10-12H2,(H,20,21);/q;+1/p-1/b6-1-;/t14-,15+,16+,18-;/m1./s1. The molecule has 0 amide bonds. The van der Waals surface area contributed by atoms with Crippen LogP contribution in [-0.4, -0.2) is 32.6 Å². The summed E-state index contributed by atoms with van der Waals surface area (Å²) in [6.07, 6.45) is 6.91. The number of carboxylic acids is 1. The number of benzene rings is 1. The van der Waals surface area contributed by atoms with Gasteiger partial charge in [-0.05, 0) is 44.2 Å². The molecule has 1 heterocycles. The van der Waals surface area contributed by atoms with Crippen molar-refractivity contribution in [2.75, 3.05) is 0 Å². The minimum absolute atomic E-state index is 0. The summed E-state index contributed by atoms with van der Waals surface area (Å²) in [6.45, 7) is 0. The summed E-state index contributed by atoms with van der Waals surface area (Å²) in [5.41, 5.74) is 0. The fraction of sp³-hybridized carbons (Fsp3) is 0.500. The van der Waals surface area contributed by atoms with E-state index in [1.165, 1.54) is 0 Å². The van der Waals surface area contributed by atoms with E-state index in [4.69, 9.17) is 4.74 Å². The largest absolute Gasteiger partial charge is 1.00 e. The van der Waals surface area contributed by atoms with Crippen molar-refractivity contribution in [3.63, 3.8) is 0 Å². The van der Waals surface area contributed by atoms with Crippen LogP contribution in [0.15, 0.2) is 47.4 Å². The Balaban J connectivity index is 0.00000243. The Hall–Kier alpha value is -0.700. The zero-order valence-electron chi connectivity index (χ0n) is 14.8. The SMILES string of the molecule is O=C([O-])CCC/C=C\C[C@H]1[C@H]2O[C@H]2C[C@@H]1NS(=O)(=O)c1ccccc1.[Na+]. The zero-order chi connectivity index (χ0) is 17.9. The topological polar surface area (TPSA) is 98.8 Å². The van der Waals surface area contributed by atoms with Gasteiger partial charge in [0.05, 0.1) is 17.1 Å². The molecule has 0 unspecified atom stereocenters. The molecule has 1 aromatic carbocycles. The molecule has 1 aromatic rings. The van der Waals surface area contributed by atoms with E-state index in [-0.39, 0.29) is 65.0 Å². The molecule has 4 atom stereocenters. The minimum Gasteiger partial charge on any atom is -0.550 e. The third-order valence-electron chi connectivity index (χ3n) is 4.73. The summed E-state index contributed by atoms with van der Waals surface area (Å²) in [7, 11) is -3.53. The first-order valence-corrected chi connectivity index (χ1v) is 10.0. The second kappa shape index (κ2) is 9.48. The first kappa shape index (κ1) is 21.6. The number of aliphatic carboxylic acids is 1. The third kappa shape index (κ3) is 5.65. The van der Waals surface area contributed by atoms with E-state index in [9.17, 15) is 18.3 Å². The van der Waals surface area contributed by atoms with E-state index < -0.39 is 16.0 Å². The van der Waals surface area contributed by atoms with E-state index in [0.29, 0.717) is 25.7 Å². The maximum absolute atomic E-state index is 12.5. The Bertz CT molecular complexity index is 737. The number of sulfonamides is 1. The molecule has 2 aliphatic rings. The summed E-state index contributed by atoms with van der Waals surface area (Å²) in [4.78, 5) is 10.6. The number of nitrogens with one attached hydrogen (secondary N) is 1. The number of allylic oxidation sites excluding steroid dienone is 2. The van der Waals surface area contributed by atoms with Gasteiger partial charge in [-0.2, -0.15) is 0 Å². The Kier molecular flexibility index (Phi) is 7.88. The molecule has 1 saturated carbocycles. The fourth-order valence-corrected chi connectivity index (χ4v) is 4.73. The predicted molar refractivity (Wildman–Crippen MR) is 89.9 cm³/mol. The predicted octanol–water partition coefficient (Wildman–Crippen LogP) is -2.01. The average Bonchev–Trinajstić information content (AvgIpc) is 3.25. The molecular weight excluding hydrogens is 365 g/mol. The number of unbranched alkanes of at least 4 members (excludes halogenated alkanes) is 1. The smallest absolute Gasteiger partial charge is 0.550 e. The monoisotopic (exact) mass is 387 g/mol. The van der Waals surface area contributed by atoms with Crippen molar-refractivity contribution < 1.29 is 52.6 Å². The Labute approximate surface area is 176 Å². The number of fused-ring (bicyclic) bond motifs is 1. The molecule has 3 rings (SSSR count). The van der Waals surface area contributed by atoms with Crippen LogP contribution in [0.1, 0.15) is 32.1 Å². The van der Waals surface area contributed by atoms with Crippen LogP contribution in [0.3, 0.4) is 0 Å². The van der Waals surface area contributed by atoms with Gasteiger partial charge in [0, 0.05) is 17.9 Å². The number of rotatable bonds is 9. The second-order valence-corrected chi connectivity index (χ2v) is 8.26. The van der Waals surface area contributed by atoms with Crippen LogP contribution in [0.2, 0.25) is 0 Å². The normalized spacial score (nSPS) is 27.1. The van der Waals surface area contributed by atoms with Crippen molar-refractivity contribution in [2.24, 2.45) is 5.92 Å². The van der Waals surface area contributed by atoms with Crippen molar-refractivity contribution in [3.8, 4) is 0 Å². The van der Waals surface area contributed by atoms with Crippen molar-refractivity contribution in [3.05, 3.63) is 42.5 Å². The van der Waals surface area contributed by atoms with Gasteiger partial charge in [0.15, 0.2) is 0 Å². The number of carboxylic acid groups (broad SMARTS) is 1. The molecule has 6 nitrogen and oxygen atoms in total. The Morgan fingerprint density at radius 3 is 2.69 bits per heavy atom. The average molecular weight is 387 g/mol. The molecule has 2 fully saturated rings. The number of ether oxygens (including phenoxy) is 1. The van der Waals surface area contributed by atoms with E-state index >= 15 is 0 Å². The summed E-state index contributed by atoms with van der Waals surface area (Å²) in [6, 6.07) is 8.22. The minimum atomic E-state index is -3.53. The Morgan fingerprint density at radius 2 is 2.00 bits per heavy atom. The molecule has 0 bridgehead atoms. The third-order valence-corrected chi connectivity index (χ3v) is 6.24. The molecule has 8 heteroatoms. The van der Waals surface area contributed by atoms with Crippen molar-refractivity contribution in [2.45, 2.75) is 55.2 Å². The van der Waals surface area contributed by atoms with Crippen LogP contribution in [0.4, 0.5) is 0 Å². The van der Waals surface area contributed by atoms with Gasteiger partial charge < -0.3 is 14.6 Å². The molecule has 0 spiro atoms. The molecule has 0 aromatic heterocycles. The Morgan fingerprint density at radius 1 is 1.27 bits per heavy atom. The molecule has 136 valence electrons. The fourth-order valence-electron chi connectivity index (χ4n) is 3.41. The van der Waals surface area contributed by atoms with Crippen LogP contribution in [0, 0.1) is 5.92 Å².